The number of imide groups is 1. The van der Waals surface area contributed by atoms with Crippen molar-refractivity contribution in [2.45, 2.75) is 82.0 Å². The third kappa shape index (κ3) is 8.88. The highest BCUT2D eigenvalue weighted by molar-refractivity contribution is 5.92. The predicted molar refractivity (Wildman–Crippen MR) is 154 cm³/mol. The Morgan fingerprint density at radius 2 is 1.95 bits per heavy atom. The van der Waals surface area contributed by atoms with E-state index in [9.17, 15) is 19.2 Å². The molecule has 1 aliphatic carbocycles. The number of likely N-dealkylation sites (N-methyl/N-ethyl adjacent to an activating group) is 1. The minimum absolute atomic E-state index is 0.00414. The zero-order valence-corrected chi connectivity index (χ0v) is 25.7. The van der Waals surface area contributed by atoms with Gasteiger partial charge in [-0.3, -0.25) is 19.8 Å². The van der Waals surface area contributed by atoms with Crippen LogP contribution in [0.4, 0.5) is 9.59 Å². The zero-order valence-electron chi connectivity index (χ0n) is 25.7. The third-order valence-electron chi connectivity index (χ3n) is 8.63. The third-order valence-corrected chi connectivity index (χ3v) is 8.63. The minimum Gasteiger partial charge on any atom is -0.447 e. The van der Waals surface area contributed by atoms with Crippen molar-refractivity contribution in [2.75, 3.05) is 60.1 Å². The number of alkyl carbamates (subject to hydrolysis) is 1. The number of carbonyl (C=O) groups is 4. The van der Waals surface area contributed by atoms with Gasteiger partial charge in [-0.25, -0.2) is 9.59 Å². The van der Waals surface area contributed by atoms with Gasteiger partial charge in [0.15, 0.2) is 0 Å². The molecule has 6 unspecified atom stereocenters. The van der Waals surface area contributed by atoms with E-state index < -0.39 is 24.2 Å². The summed E-state index contributed by atoms with van der Waals surface area (Å²) in [5, 5.41) is 4.80. The van der Waals surface area contributed by atoms with Gasteiger partial charge >= 0.3 is 12.2 Å². The number of ether oxygens (including phenoxy) is 5. The van der Waals surface area contributed by atoms with Crippen LogP contribution >= 0.6 is 0 Å². The van der Waals surface area contributed by atoms with E-state index in [-0.39, 0.29) is 61.5 Å². The molecular weight excluding hydrogens is 562 g/mol. The number of hydrogen-bond donors (Lipinski definition) is 3. The zero-order chi connectivity index (χ0) is 31.1. The fraction of sp³-hybridized carbons (Fsp3) is 0.793. The molecule has 242 valence electrons. The topological polar surface area (TPSA) is 178 Å². The SMILES string of the molecule is COC1C(OC(=O)N2CCC[C@H]2COC(=O)NC(=O)CN(C)CCNC(=O)CN)CCC2(CO2)C1C1OC1CC=C(C)C. The van der Waals surface area contributed by atoms with Gasteiger partial charge in [-0.1, -0.05) is 11.6 Å². The summed E-state index contributed by atoms with van der Waals surface area (Å²) in [5.74, 6) is -0.856. The van der Waals surface area contributed by atoms with Crippen LogP contribution in [0.1, 0.15) is 46.0 Å². The Hall–Kier alpha value is -2.78. The Morgan fingerprint density at radius 1 is 1.19 bits per heavy atom. The molecule has 3 heterocycles. The lowest BCUT2D eigenvalue weighted by Gasteiger charge is -2.40. The molecule has 1 saturated carbocycles. The Bertz CT molecular complexity index is 1050. The van der Waals surface area contributed by atoms with Crippen molar-refractivity contribution in [3.63, 3.8) is 0 Å². The fourth-order valence-electron chi connectivity index (χ4n) is 6.19. The van der Waals surface area contributed by atoms with Gasteiger partial charge in [-0.05, 0) is 53.0 Å². The Kier molecular flexibility index (Phi) is 11.4. The Morgan fingerprint density at radius 3 is 2.63 bits per heavy atom. The highest BCUT2D eigenvalue weighted by atomic mass is 16.6. The fourth-order valence-corrected chi connectivity index (χ4v) is 6.19. The average molecular weight is 610 g/mol. The van der Waals surface area contributed by atoms with Crippen molar-refractivity contribution in [2.24, 2.45) is 11.7 Å². The number of carbonyl (C=O) groups excluding carboxylic acids is 4. The van der Waals surface area contributed by atoms with E-state index in [0.717, 1.165) is 19.3 Å². The van der Waals surface area contributed by atoms with E-state index in [0.29, 0.717) is 39.1 Å². The molecule has 43 heavy (non-hydrogen) atoms. The normalized spacial score (nSPS) is 31.0. The lowest BCUT2D eigenvalue weighted by molar-refractivity contribution is -0.121. The van der Waals surface area contributed by atoms with Crippen molar-refractivity contribution in [3.8, 4) is 0 Å². The minimum atomic E-state index is -0.883. The number of rotatable bonds is 13. The van der Waals surface area contributed by atoms with Gasteiger partial charge < -0.3 is 39.6 Å². The van der Waals surface area contributed by atoms with Crippen LogP contribution in [-0.4, -0.2) is 130 Å². The summed E-state index contributed by atoms with van der Waals surface area (Å²) in [6.45, 7) is 5.77. The molecule has 4 aliphatic rings. The summed E-state index contributed by atoms with van der Waals surface area (Å²) in [6.07, 6.45) is 3.73. The van der Waals surface area contributed by atoms with Crippen molar-refractivity contribution >= 4 is 24.0 Å². The molecule has 1 spiro atoms. The van der Waals surface area contributed by atoms with Gasteiger partial charge in [0, 0.05) is 32.7 Å². The lowest BCUT2D eigenvalue weighted by Crippen LogP contribution is -2.53. The number of nitrogens with one attached hydrogen (secondary N) is 2. The maximum Gasteiger partial charge on any atom is 0.413 e. The van der Waals surface area contributed by atoms with Crippen molar-refractivity contribution in [1.82, 2.24) is 20.4 Å². The van der Waals surface area contributed by atoms with Crippen LogP contribution in [0.2, 0.25) is 0 Å². The first-order chi connectivity index (χ1) is 20.6. The first-order valence-electron chi connectivity index (χ1n) is 15.1. The monoisotopic (exact) mass is 609 g/mol. The molecule has 4 rings (SSSR count). The van der Waals surface area contributed by atoms with Gasteiger partial charge in [0.25, 0.3) is 0 Å². The number of epoxide rings is 2. The molecule has 7 atom stereocenters. The number of allylic oxidation sites excluding steroid dienone is 1. The second-order valence-electron chi connectivity index (χ2n) is 12.1. The standard InChI is InChI=1S/C29H47N5O9/c1-18(2)7-8-20-26(42-20)24-25(39-4)21(9-10-29(24)17-41-29)43-28(38)34-12-5-6-19(34)16-40-27(37)32-23(36)15-33(3)13-11-31-22(35)14-30/h7,19-21,24-26H,5-6,8-17,30H2,1-4H3,(H,31,35)(H,32,36,37)/t19-,20?,21?,24?,25?,26?,29?/m0/s1. The van der Waals surface area contributed by atoms with Gasteiger partial charge in [0.2, 0.25) is 11.8 Å². The quantitative estimate of drug-likeness (QED) is 0.196. The largest absolute Gasteiger partial charge is 0.447 e. The van der Waals surface area contributed by atoms with Gasteiger partial charge in [-0.2, -0.15) is 0 Å². The molecule has 0 aromatic heterocycles. The lowest BCUT2D eigenvalue weighted by atomic mass is 9.73. The van der Waals surface area contributed by atoms with E-state index in [1.807, 2.05) is 0 Å². The smallest absolute Gasteiger partial charge is 0.413 e. The van der Waals surface area contributed by atoms with E-state index in [1.54, 1.807) is 24.0 Å². The van der Waals surface area contributed by atoms with Crippen molar-refractivity contribution in [3.05, 3.63) is 11.6 Å². The van der Waals surface area contributed by atoms with Crippen molar-refractivity contribution in [1.29, 1.82) is 0 Å². The van der Waals surface area contributed by atoms with Crippen molar-refractivity contribution < 1.29 is 42.9 Å². The molecule has 4 amide bonds. The number of amides is 4. The number of likely N-dealkylation sites (tertiary alicyclic amines) is 1. The molecule has 0 aromatic carbocycles. The van der Waals surface area contributed by atoms with Crippen LogP contribution in [0.25, 0.3) is 0 Å². The number of nitrogens with two attached hydrogens (primary N) is 1. The molecule has 4 fully saturated rings. The average Bonchev–Trinajstić information content (AvgIpc) is 3.87. The van der Waals surface area contributed by atoms with Gasteiger partial charge in [0.05, 0.1) is 43.5 Å². The highest BCUT2D eigenvalue weighted by Gasteiger charge is 2.66. The number of hydrogen-bond acceptors (Lipinski definition) is 11. The molecule has 4 N–H and O–H groups in total. The summed E-state index contributed by atoms with van der Waals surface area (Å²) in [5.41, 5.74) is 6.20. The van der Waals surface area contributed by atoms with E-state index in [4.69, 9.17) is 29.4 Å². The van der Waals surface area contributed by atoms with E-state index >= 15 is 0 Å². The highest BCUT2D eigenvalue weighted by Crippen LogP contribution is 2.54. The molecule has 3 aliphatic heterocycles. The summed E-state index contributed by atoms with van der Waals surface area (Å²) in [7, 11) is 3.32. The molecule has 0 aromatic rings. The molecule has 3 saturated heterocycles. The van der Waals surface area contributed by atoms with Crippen LogP contribution < -0.4 is 16.4 Å². The Labute approximate surface area is 252 Å². The molecule has 0 bridgehead atoms. The molecule has 14 heteroatoms. The maximum atomic E-state index is 13.3. The summed E-state index contributed by atoms with van der Waals surface area (Å²) >= 11 is 0. The summed E-state index contributed by atoms with van der Waals surface area (Å²) in [6, 6.07) is -0.360. The molecular formula is C29H47N5O9. The Balaban J connectivity index is 1.23. The van der Waals surface area contributed by atoms with Crippen LogP contribution in [0.15, 0.2) is 11.6 Å². The maximum absolute atomic E-state index is 13.3. The van der Waals surface area contributed by atoms with Gasteiger partial charge in [0.1, 0.15) is 18.8 Å². The summed E-state index contributed by atoms with van der Waals surface area (Å²) < 4.78 is 29.2. The van der Waals surface area contributed by atoms with E-state index in [2.05, 4.69) is 30.6 Å². The van der Waals surface area contributed by atoms with Crippen LogP contribution in [-0.2, 0) is 33.3 Å². The molecule has 0 radical (unpaired) electrons. The molecule has 14 nitrogen and oxygen atoms in total. The summed E-state index contributed by atoms with van der Waals surface area (Å²) in [4.78, 5) is 52.2. The number of nitrogens with zero attached hydrogens (tertiary/aromatic N) is 2. The van der Waals surface area contributed by atoms with Crippen LogP contribution in [0, 0.1) is 5.92 Å². The number of methoxy groups -OCH3 is 1. The van der Waals surface area contributed by atoms with E-state index in [1.165, 1.54) is 5.57 Å². The van der Waals surface area contributed by atoms with Gasteiger partial charge in [-0.15, -0.1) is 0 Å². The first-order valence-corrected chi connectivity index (χ1v) is 15.1. The first kappa shape index (κ1) is 33.1. The van der Waals surface area contributed by atoms with Crippen LogP contribution in [0.3, 0.4) is 0 Å². The predicted octanol–water partition coefficient (Wildman–Crippen LogP) is 0.533. The van der Waals surface area contributed by atoms with Crippen LogP contribution in [0.5, 0.6) is 0 Å². The second-order valence-corrected chi connectivity index (χ2v) is 12.1. The second kappa shape index (κ2) is 14.8.